The third kappa shape index (κ3) is 4.65. The Bertz CT molecular complexity index is 1330. The van der Waals surface area contributed by atoms with Crippen molar-refractivity contribution in [2.75, 3.05) is 14.2 Å². The van der Waals surface area contributed by atoms with E-state index in [1.807, 2.05) is 19.2 Å². The Morgan fingerprint density at radius 2 is 1.45 bits per heavy atom. The summed E-state index contributed by atoms with van der Waals surface area (Å²) in [5.41, 5.74) is 4.45. The zero-order chi connectivity index (χ0) is 27.4. The van der Waals surface area contributed by atoms with Crippen LogP contribution in [0, 0.1) is 16.6 Å². The van der Waals surface area contributed by atoms with Crippen LogP contribution in [-0.4, -0.2) is 30.6 Å². The van der Waals surface area contributed by atoms with Gasteiger partial charge < -0.3 is 14.4 Å². The molecule has 2 aromatic carbocycles. The second-order valence-corrected chi connectivity index (χ2v) is 12.4. The highest BCUT2D eigenvalue weighted by atomic mass is 19.1. The van der Waals surface area contributed by atoms with E-state index in [1.165, 1.54) is 6.07 Å². The first kappa shape index (κ1) is 26.2. The van der Waals surface area contributed by atoms with E-state index in [4.69, 9.17) is 9.47 Å². The van der Waals surface area contributed by atoms with Gasteiger partial charge in [0.05, 0.1) is 7.11 Å². The lowest BCUT2D eigenvalue weighted by molar-refractivity contribution is -0.119. The molecule has 5 rings (SSSR count). The van der Waals surface area contributed by atoms with Gasteiger partial charge in [0.1, 0.15) is 12.4 Å². The zero-order valence-electron chi connectivity index (χ0n) is 23.1. The second-order valence-electron chi connectivity index (χ2n) is 12.4. The van der Waals surface area contributed by atoms with Crippen LogP contribution in [-0.2, 0) is 16.2 Å². The van der Waals surface area contributed by atoms with Crippen LogP contribution in [0.25, 0.3) is 0 Å². The van der Waals surface area contributed by atoms with E-state index in [9.17, 15) is 14.0 Å². The van der Waals surface area contributed by atoms with Gasteiger partial charge >= 0.3 is 0 Å². The molecule has 2 aliphatic carbocycles. The molecule has 6 heteroatoms. The monoisotopic (exact) mass is 517 g/mol. The number of methoxy groups -OCH3 is 1. The van der Waals surface area contributed by atoms with Crippen LogP contribution in [0.1, 0.15) is 70.4 Å². The van der Waals surface area contributed by atoms with E-state index in [2.05, 4.69) is 32.6 Å². The first-order chi connectivity index (χ1) is 17.9. The number of hydrogen-bond donors (Lipinski definition) is 0. The summed E-state index contributed by atoms with van der Waals surface area (Å²) >= 11 is 0. The van der Waals surface area contributed by atoms with E-state index in [0.29, 0.717) is 29.9 Å². The van der Waals surface area contributed by atoms with E-state index < -0.39 is 5.92 Å². The summed E-state index contributed by atoms with van der Waals surface area (Å²) < 4.78 is 25.7. The first-order valence-corrected chi connectivity index (χ1v) is 13.2. The molecule has 38 heavy (non-hydrogen) atoms. The van der Waals surface area contributed by atoms with Gasteiger partial charge in [-0.1, -0.05) is 52.0 Å². The number of hydrogen-bond acceptors (Lipinski definition) is 5. The lowest BCUT2D eigenvalue weighted by atomic mass is 9.64. The van der Waals surface area contributed by atoms with Gasteiger partial charge in [-0.2, -0.15) is 0 Å². The smallest absolute Gasteiger partial charge is 0.162 e. The van der Waals surface area contributed by atoms with Gasteiger partial charge in [-0.15, -0.1) is 0 Å². The summed E-state index contributed by atoms with van der Waals surface area (Å²) in [5.74, 6) is 0.369. The minimum Gasteiger partial charge on any atom is -0.493 e. The summed E-state index contributed by atoms with van der Waals surface area (Å²) in [5, 5.41) is 0. The Morgan fingerprint density at radius 1 is 0.868 bits per heavy atom. The van der Waals surface area contributed by atoms with Crippen molar-refractivity contribution < 1.29 is 23.5 Å². The number of ketones is 2. The number of Topliss-reactive ketones (excluding diaryl/α,β-unsaturated/α-hetero) is 2. The predicted octanol–water partition coefficient (Wildman–Crippen LogP) is 6.73. The lowest BCUT2D eigenvalue weighted by Crippen LogP contribution is -2.43. The van der Waals surface area contributed by atoms with Crippen molar-refractivity contribution in [3.05, 3.63) is 81.9 Å². The summed E-state index contributed by atoms with van der Waals surface area (Å²) in [7, 11) is 3.56. The Kier molecular flexibility index (Phi) is 6.49. The van der Waals surface area contributed by atoms with E-state index in [0.717, 1.165) is 40.9 Å². The molecule has 0 saturated carbocycles. The maximum absolute atomic E-state index is 14.1. The fraction of sp³-hybridized carbons (Fsp3) is 0.438. The number of carbonyl (C=O) groups excluding carboxylic acids is 2. The fourth-order valence-electron chi connectivity index (χ4n) is 6.25. The molecule has 0 spiro atoms. The molecule has 0 fully saturated rings. The molecule has 2 aromatic rings. The molecule has 0 N–H and O–H groups in total. The highest BCUT2D eigenvalue weighted by Gasteiger charge is 2.48. The van der Waals surface area contributed by atoms with Crippen LogP contribution in [0.15, 0.2) is 65.0 Å². The van der Waals surface area contributed by atoms with Gasteiger partial charge in [-0.05, 0) is 47.4 Å². The number of halogens is 1. The molecular weight excluding hydrogens is 481 g/mol. The highest BCUT2D eigenvalue weighted by Crippen LogP contribution is 2.54. The normalized spacial score (nSPS) is 20.9. The fourth-order valence-corrected chi connectivity index (χ4v) is 6.25. The summed E-state index contributed by atoms with van der Waals surface area (Å²) in [6.45, 7) is 8.57. The maximum Gasteiger partial charge on any atom is 0.162 e. The van der Waals surface area contributed by atoms with Crippen LogP contribution < -0.4 is 9.47 Å². The van der Waals surface area contributed by atoms with E-state index in [1.54, 1.807) is 31.4 Å². The van der Waals surface area contributed by atoms with Crippen molar-refractivity contribution >= 4 is 11.6 Å². The molecule has 0 bridgehead atoms. The third-order valence-electron chi connectivity index (χ3n) is 8.04. The number of nitrogens with zero attached hydrogens (tertiary/aromatic N) is 1. The Hall–Kier alpha value is -3.41. The van der Waals surface area contributed by atoms with Gasteiger partial charge in [-0.3, -0.25) is 9.59 Å². The molecule has 1 aliphatic heterocycles. The molecule has 200 valence electrons. The quantitative estimate of drug-likeness (QED) is 0.440. The van der Waals surface area contributed by atoms with Crippen LogP contribution in [0.4, 0.5) is 4.39 Å². The average Bonchev–Trinajstić information content (AvgIpc) is 2.83. The molecule has 0 saturated heterocycles. The first-order valence-electron chi connectivity index (χ1n) is 13.2. The molecule has 0 radical (unpaired) electrons. The van der Waals surface area contributed by atoms with Gasteiger partial charge in [0.25, 0.3) is 0 Å². The number of carbonyl (C=O) groups is 2. The molecule has 0 aromatic heterocycles. The average molecular weight is 518 g/mol. The van der Waals surface area contributed by atoms with Gasteiger partial charge in [0.15, 0.2) is 23.1 Å². The Labute approximate surface area is 224 Å². The highest BCUT2D eigenvalue weighted by molar-refractivity contribution is 6.06. The van der Waals surface area contributed by atoms with E-state index >= 15 is 0 Å². The van der Waals surface area contributed by atoms with Crippen LogP contribution in [0.5, 0.6) is 11.5 Å². The largest absolute Gasteiger partial charge is 0.493 e. The minimum atomic E-state index is -0.446. The van der Waals surface area contributed by atoms with Crippen LogP contribution >= 0.6 is 0 Å². The number of ether oxygens (including phenoxy) is 2. The second kappa shape index (κ2) is 9.40. The van der Waals surface area contributed by atoms with Crippen LogP contribution in [0.2, 0.25) is 0 Å². The zero-order valence-corrected chi connectivity index (χ0v) is 23.1. The third-order valence-corrected chi connectivity index (χ3v) is 8.04. The van der Waals surface area contributed by atoms with E-state index in [-0.39, 0.29) is 34.8 Å². The molecule has 5 nitrogen and oxygen atoms in total. The topological polar surface area (TPSA) is 55.8 Å². The molecule has 3 aliphatic rings. The Balaban J connectivity index is 1.59. The van der Waals surface area contributed by atoms with Crippen molar-refractivity contribution in [1.29, 1.82) is 0 Å². The summed E-state index contributed by atoms with van der Waals surface area (Å²) in [6.07, 6.45) is 2.43. The Morgan fingerprint density at radius 3 is 2.00 bits per heavy atom. The standard InChI is InChI=1S/C32H36FNO4/c1-31(2)14-22-29(24(35)16-31)28(30-23(34(22)5)15-32(3,4)17-25(30)36)19-11-12-26(27(13-19)37-6)38-18-20-9-7-8-10-21(20)33/h7-13,28H,14-18H2,1-6H3. The van der Waals surface area contributed by atoms with Gasteiger partial charge in [-0.25, -0.2) is 4.39 Å². The molecule has 0 unspecified atom stereocenters. The van der Waals surface area contributed by atoms with Crippen molar-refractivity contribution in [1.82, 2.24) is 4.90 Å². The molecule has 1 heterocycles. The van der Waals surface area contributed by atoms with Crippen molar-refractivity contribution in [2.45, 2.75) is 65.9 Å². The molecule has 0 atom stereocenters. The van der Waals surface area contributed by atoms with Crippen LogP contribution in [0.3, 0.4) is 0 Å². The maximum atomic E-state index is 14.1. The summed E-state index contributed by atoms with van der Waals surface area (Å²) in [4.78, 5) is 29.5. The lowest BCUT2D eigenvalue weighted by Gasteiger charge is -2.47. The van der Waals surface area contributed by atoms with Crippen molar-refractivity contribution in [2.24, 2.45) is 10.8 Å². The van der Waals surface area contributed by atoms with Crippen molar-refractivity contribution in [3.63, 3.8) is 0 Å². The molecule has 0 amide bonds. The van der Waals surface area contributed by atoms with Gasteiger partial charge in [0.2, 0.25) is 0 Å². The molecular formula is C32H36FNO4. The number of allylic oxidation sites excluding steroid dienone is 4. The van der Waals surface area contributed by atoms with Gasteiger partial charge in [0, 0.05) is 53.9 Å². The number of benzene rings is 2. The summed E-state index contributed by atoms with van der Waals surface area (Å²) in [6, 6.07) is 12.1. The van der Waals surface area contributed by atoms with Crippen molar-refractivity contribution in [3.8, 4) is 11.5 Å². The SMILES string of the molecule is COc1cc(C2C3=C(CC(C)(C)CC3=O)N(C)C3=C2C(=O)CC(C)(C)C3)ccc1OCc1ccccc1F. The number of rotatable bonds is 5. The minimum absolute atomic E-state index is 0.0579. The predicted molar refractivity (Wildman–Crippen MR) is 144 cm³/mol.